The van der Waals surface area contributed by atoms with Crippen molar-refractivity contribution < 1.29 is 14.6 Å². The molecule has 4 unspecified atom stereocenters. The quantitative estimate of drug-likeness (QED) is 0.908. The van der Waals surface area contributed by atoms with E-state index in [9.17, 15) is 9.90 Å². The molecule has 21 heavy (non-hydrogen) atoms. The van der Waals surface area contributed by atoms with Crippen LogP contribution < -0.4 is 4.74 Å². The standard InChI is InChI=1S/C17H21NO3/c19-17(20)16-12-6-3-4-11(12)10-18(16)14-8-9-21-15-7-2-1-5-13(14)15/h1-2,5,7,11-12,14,16H,3-4,6,8-10H2,(H,19,20). The molecule has 1 aliphatic carbocycles. The first-order valence-corrected chi connectivity index (χ1v) is 7.96. The highest BCUT2D eigenvalue weighted by Crippen LogP contribution is 2.47. The minimum atomic E-state index is -0.645. The Morgan fingerprint density at radius 3 is 2.95 bits per heavy atom. The number of para-hydroxylation sites is 1. The highest BCUT2D eigenvalue weighted by molar-refractivity contribution is 5.74. The van der Waals surface area contributed by atoms with Crippen LogP contribution in [0.4, 0.5) is 0 Å². The Morgan fingerprint density at radius 2 is 2.10 bits per heavy atom. The van der Waals surface area contributed by atoms with Crippen molar-refractivity contribution in [2.75, 3.05) is 13.2 Å². The number of carboxylic acid groups (broad SMARTS) is 1. The number of likely N-dealkylation sites (tertiary alicyclic amines) is 1. The summed E-state index contributed by atoms with van der Waals surface area (Å²) in [7, 11) is 0. The molecule has 0 aromatic heterocycles. The molecule has 0 amide bonds. The largest absolute Gasteiger partial charge is 0.493 e. The maximum absolute atomic E-state index is 11.8. The van der Waals surface area contributed by atoms with Crippen molar-refractivity contribution in [2.24, 2.45) is 11.8 Å². The van der Waals surface area contributed by atoms with Crippen LogP contribution in [0.5, 0.6) is 5.75 Å². The average molecular weight is 287 g/mol. The summed E-state index contributed by atoms with van der Waals surface area (Å²) in [6.07, 6.45) is 4.34. The first-order valence-electron chi connectivity index (χ1n) is 7.96. The van der Waals surface area contributed by atoms with E-state index in [1.54, 1.807) is 0 Å². The SMILES string of the molecule is O=C(O)C1C2CCCC2CN1C1CCOc2ccccc21. The van der Waals surface area contributed by atoms with Gasteiger partial charge in [-0.2, -0.15) is 0 Å². The number of benzene rings is 1. The van der Waals surface area contributed by atoms with Crippen LogP contribution >= 0.6 is 0 Å². The Balaban J connectivity index is 1.69. The molecule has 4 heteroatoms. The van der Waals surface area contributed by atoms with Crippen LogP contribution in [0.15, 0.2) is 24.3 Å². The normalized spacial score (nSPS) is 35.0. The second-order valence-corrected chi connectivity index (χ2v) is 6.53. The molecule has 1 N–H and O–H groups in total. The Morgan fingerprint density at radius 1 is 1.24 bits per heavy atom. The molecule has 2 heterocycles. The summed E-state index contributed by atoms with van der Waals surface area (Å²) in [5.41, 5.74) is 1.16. The van der Waals surface area contributed by atoms with E-state index in [1.165, 1.54) is 12.8 Å². The molecule has 0 radical (unpaired) electrons. The fraction of sp³-hybridized carbons (Fsp3) is 0.588. The van der Waals surface area contributed by atoms with Gasteiger partial charge in [0.1, 0.15) is 11.8 Å². The van der Waals surface area contributed by atoms with Gasteiger partial charge in [-0.15, -0.1) is 0 Å². The number of rotatable bonds is 2. The molecule has 2 aliphatic heterocycles. The van der Waals surface area contributed by atoms with E-state index in [0.29, 0.717) is 18.4 Å². The Kier molecular flexibility index (Phi) is 3.14. The van der Waals surface area contributed by atoms with Gasteiger partial charge < -0.3 is 9.84 Å². The number of carbonyl (C=O) groups is 1. The van der Waals surface area contributed by atoms with Crippen LogP contribution in [0.2, 0.25) is 0 Å². The first-order chi connectivity index (χ1) is 10.3. The van der Waals surface area contributed by atoms with E-state index in [2.05, 4.69) is 11.0 Å². The molecule has 112 valence electrons. The number of hydrogen-bond acceptors (Lipinski definition) is 3. The topological polar surface area (TPSA) is 49.8 Å². The number of hydrogen-bond donors (Lipinski definition) is 1. The third kappa shape index (κ3) is 2.04. The summed E-state index contributed by atoms with van der Waals surface area (Å²) in [5, 5.41) is 9.74. The molecule has 1 saturated heterocycles. The summed E-state index contributed by atoms with van der Waals surface area (Å²) >= 11 is 0. The summed E-state index contributed by atoms with van der Waals surface area (Å²) in [6.45, 7) is 1.61. The molecule has 3 aliphatic rings. The third-order valence-electron chi connectivity index (χ3n) is 5.51. The monoisotopic (exact) mass is 287 g/mol. The smallest absolute Gasteiger partial charge is 0.321 e. The lowest BCUT2D eigenvalue weighted by atomic mass is 9.93. The molecular formula is C17H21NO3. The zero-order valence-corrected chi connectivity index (χ0v) is 12.1. The van der Waals surface area contributed by atoms with E-state index < -0.39 is 5.97 Å². The van der Waals surface area contributed by atoms with E-state index in [-0.39, 0.29) is 12.1 Å². The second-order valence-electron chi connectivity index (χ2n) is 6.53. The highest BCUT2D eigenvalue weighted by atomic mass is 16.5. The molecule has 0 bridgehead atoms. The maximum atomic E-state index is 11.8. The van der Waals surface area contributed by atoms with Crippen LogP contribution in [0.1, 0.15) is 37.3 Å². The molecule has 2 fully saturated rings. The zero-order chi connectivity index (χ0) is 14.4. The van der Waals surface area contributed by atoms with Gasteiger partial charge in [-0.1, -0.05) is 24.6 Å². The lowest BCUT2D eigenvalue weighted by Crippen LogP contribution is -2.43. The van der Waals surface area contributed by atoms with Gasteiger partial charge in [-0.3, -0.25) is 9.69 Å². The number of ether oxygens (including phenoxy) is 1. The minimum Gasteiger partial charge on any atom is -0.493 e. The first kappa shape index (κ1) is 13.1. The number of carboxylic acids is 1. The van der Waals surface area contributed by atoms with Gasteiger partial charge in [-0.25, -0.2) is 0 Å². The van der Waals surface area contributed by atoms with E-state index in [4.69, 9.17) is 4.74 Å². The van der Waals surface area contributed by atoms with Gasteiger partial charge >= 0.3 is 5.97 Å². The molecule has 4 rings (SSSR count). The van der Waals surface area contributed by atoms with E-state index >= 15 is 0 Å². The summed E-state index contributed by atoms with van der Waals surface area (Å²) in [5.74, 6) is 1.20. The van der Waals surface area contributed by atoms with Gasteiger partial charge in [0.15, 0.2) is 0 Å². The summed E-state index contributed by atoms with van der Waals surface area (Å²) < 4.78 is 5.73. The van der Waals surface area contributed by atoms with Crippen LogP contribution in [0, 0.1) is 11.8 Å². The molecule has 4 atom stereocenters. The van der Waals surface area contributed by atoms with Crippen molar-refractivity contribution in [3.05, 3.63) is 29.8 Å². The zero-order valence-electron chi connectivity index (χ0n) is 12.1. The second kappa shape index (κ2) is 5.02. The molecule has 0 spiro atoms. The van der Waals surface area contributed by atoms with Crippen LogP contribution in [0.3, 0.4) is 0 Å². The highest BCUT2D eigenvalue weighted by Gasteiger charge is 2.50. The Hall–Kier alpha value is -1.55. The molecule has 1 aromatic carbocycles. The van der Waals surface area contributed by atoms with Crippen LogP contribution in [-0.4, -0.2) is 35.2 Å². The van der Waals surface area contributed by atoms with Gasteiger partial charge in [-0.05, 0) is 30.7 Å². The molecule has 1 saturated carbocycles. The summed E-state index contributed by atoms with van der Waals surface area (Å²) in [4.78, 5) is 14.1. The van der Waals surface area contributed by atoms with Gasteiger partial charge in [0.05, 0.1) is 6.61 Å². The Bertz CT molecular complexity index is 559. The van der Waals surface area contributed by atoms with Crippen molar-refractivity contribution in [3.63, 3.8) is 0 Å². The number of aliphatic carboxylic acids is 1. The lowest BCUT2D eigenvalue weighted by molar-refractivity contribution is -0.144. The lowest BCUT2D eigenvalue weighted by Gasteiger charge is -2.36. The van der Waals surface area contributed by atoms with Crippen molar-refractivity contribution in [3.8, 4) is 5.75 Å². The van der Waals surface area contributed by atoms with Gasteiger partial charge in [0.25, 0.3) is 0 Å². The van der Waals surface area contributed by atoms with Crippen molar-refractivity contribution in [1.29, 1.82) is 0 Å². The van der Waals surface area contributed by atoms with E-state index in [0.717, 1.165) is 30.7 Å². The van der Waals surface area contributed by atoms with E-state index in [1.807, 2.05) is 18.2 Å². The van der Waals surface area contributed by atoms with Crippen molar-refractivity contribution in [2.45, 2.75) is 37.8 Å². The molecular weight excluding hydrogens is 266 g/mol. The van der Waals surface area contributed by atoms with Gasteiger partial charge in [0.2, 0.25) is 0 Å². The maximum Gasteiger partial charge on any atom is 0.321 e. The number of fused-ring (bicyclic) bond motifs is 2. The fourth-order valence-corrected chi connectivity index (χ4v) is 4.65. The van der Waals surface area contributed by atoms with Crippen LogP contribution in [0.25, 0.3) is 0 Å². The van der Waals surface area contributed by atoms with Crippen molar-refractivity contribution in [1.82, 2.24) is 4.90 Å². The van der Waals surface area contributed by atoms with Crippen molar-refractivity contribution >= 4 is 5.97 Å². The molecule has 1 aromatic rings. The van der Waals surface area contributed by atoms with Gasteiger partial charge in [0, 0.05) is 24.6 Å². The minimum absolute atomic E-state index is 0.196. The fourth-order valence-electron chi connectivity index (χ4n) is 4.65. The predicted octanol–water partition coefficient (Wildman–Crippen LogP) is 2.70. The summed E-state index contributed by atoms with van der Waals surface area (Å²) in [6, 6.07) is 7.97. The predicted molar refractivity (Wildman–Crippen MR) is 78.3 cm³/mol. The van der Waals surface area contributed by atoms with Crippen LogP contribution in [-0.2, 0) is 4.79 Å². The number of nitrogens with zero attached hydrogens (tertiary/aromatic N) is 1. The molecule has 4 nitrogen and oxygen atoms in total. The third-order valence-corrected chi connectivity index (χ3v) is 5.51. The average Bonchev–Trinajstić information content (AvgIpc) is 3.06. The Labute approximate surface area is 124 Å².